The Labute approximate surface area is 152 Å². The molecular formula is C20H22N4O2. The van der Waals surface area contributed by atoms with Crippen molar-refractivity contribution in [3.63, 3.8) is 0 Å². The summed E-state index contributed by atoms with van der Waals surface area (Å²) in [6.07, 6.45) is 6.96. The van der Waals surface area contributed by atoms with E-state index in [4.69, 9.17) is 4.52 Å². The van der Waals surface area contributed by atoms with Gasteiger partial charge in [-0.15, -0.1) is 0 Å². The summed E-state index contributed by atoms with van der Waals surface area (Å²) in [6.45, 7) is 3.04. The number of hydrogen-bond acceptors (Lipinski definition) is 4. The quantitative estimate of drug-likeness (QED) is 0.740. The van der Waals surface area contributed by atoms with Gasteiger partial charge in [0.25, 0.3) is 5.91 Å². The molecule has 3 aromatic rings. The molecule has 0 aliphatic heterocycles. The Bertz CT molecular complexity index is 878. The highest BCUT2D eigenvalue weighted by molar-refractivity contribution is 5.92. The van der Waals surface area contributed by atoms with Crippen molar-refractivity contribution in [3.05, 3.63) is 60.1 Å². The number of benzene rings is 1. The van der Waals surface area contributed by atoms with Gasteiger partial charge in [-0.3, -0.25) is 9.48 Å². The van der Waals surface area contributed by atoms with E-state index in [9.17, 15) is 4.79 Å². The first-order valence-corrected chi connectivity index (χ1v) is 9.05. The Kier molecular flexibility index (Phi) is 4.56. The molecule has 0 bridgehead atoms. The highest BCUT2D eigenvalue weighted by Crippen LogP contribution is 2.29. The largest absolute Gasteiger partial charge is 0.350 e. The number of aromatic nitrogens is 3. The van der Waals surface area contributed by atoms with Crippen LogP contribution in [0.3, 0.4) is 0 Å². The molecule has 0 spiro atoms. The first kappa shape index (κ1) is 16.6. The number of carbonyl (C=O) groups is 1. The number of nitrogens with one attached hydrogen (secondary N) is 1. The maximum atomic E-state index is 12.3. The standard InChI is InChI=1S/C20H22N4O2/c1-2-14-11-21-24(12-14)13-15-8-17(9-15)22-20(25)19-10-18(23-26-19)16-6-4-3-5-7-16/h3-7,10-12,15,17H,2,8-9,13H2,1H3,(H,22,25)/t15-,17+. The third-order valence-electron chi connectivity index (χ3n) is 4.91. The molecule has 6 nitrogen and oxygen atoms in total. The van der Waals surface area contributed by atoms with Crippen LogP contribution in [0.5, 0.6) is 0 Å². The van der Waals surface area contributed by atoms with E-state index in [0.717, 1.165) is 31.4 Å². The van der Waals surface area contributed by atoms with E-state index in [1.165, 1.54) is 5.56 Å². The predicted molar refractivity (Wildman–Crippen MR) is 97.5 cm³/mol. The number of amides is 1. The van der Waals surface area contributed by atoms with E-state index < -0.39 is 0 Å². The molecular weight excluding hydrogens is 328 g/mol. The number of carbonyl (C=O) groups excluding carboxylic acids is 1. The number of nitrogens with zero attached hydrogens (tertiary/aromatic N) is 3. The lowest BCUT2D eigenvalue weighted by atomic mass is 9.80. The molecule has 1 fully saturated rings. The summed E-state index contributed by atoms with van der Waals surface area (Å²) in [5.74, 6) is 0.613. The van der Waals surface area contributed by atoms with Gasteiger partial charge in [0.15, 0.2) is 0 Å². The minimum Gasteiger partial charge on any atom is -0.350 e. The maximum absolute atomic E-state index is 12.3. The Morgan fingerprint density at radius 2 is 2.12 bits per heavy atom. The fourth-order valence-electron chi connectivity index (χ4n) is 3.34. The molecule has 0 radical (unpaired) electrons. The molecule has 26 heavy (non-hydrogen) atoms. The zero-order valence-corrected chi connectivity index (χ0v) is 14.8. The van der Waals surface area contributed by atoms with Gasteiger partial charge in [-0.25, -0.2) is 0 Å². The maximum Gasteiger partial charge on any atom is 0.290 e. The molecule has 0 unspecified atom stereocenters. The normalized spacial score (nSPS) is 19.1. The zero-order chi connectivity index (χ0) is 17.9. The second-order valence-corrected chi connectivity index (χ2v) is 6.87. The van der Waals surface area contributed by atoms with Crippen LogP contribution in [0, 0.1) is 5.92 Å². The number of rotatable bonds is 6. The molecule has 2 aromatic heterocycles. The lowest BCUT2D eigenvalue weighted by Crippen LogP contribution is -2.45. The second kappa shape index (κ2) is 7.15. The first-order chi connectivity index (χ1) is 12.7. The van der Waals surface area contributed by atoms with Gasteiger partial charge in [0.2, 0.25) is 5.76 Å². The summed E-state index contributed by atoms with van der Waals surface area (Å²) in [5.41, 5.74) is 2.87. The molecule has 1 N–H and O–H groups in total. The van der Waals surface area contributed by atoms with Crippen molar-refractivity contribution in [1.82, 2.24) is 20.3 Å². The van der Waals surface area contributed by atoms with Crippen molar-refractivity contribution in [3.8, 4) is 11.3 Å². The molecule has 6 heteroatoms. The fraction of sp³-hybridized carbons (Fsp3) is 0.350. The Morgan fingerprint density at radius 3 is 2.85 bits per heavy atom. The van der Waals surface area contributed by atoms with Gasteiger partial charge >= 0.3 is 0 Å². The van der Waals surface area contributed by atoms with Crippen LogP contribution in [-0.2, 0) is 13.0 Å². The topological polar surface area (TPSA) is 73.0 Å². The lowest BCUT2D eigenvalue weighted by Gasteiger charge is -2.35. The van der Waals surface area contributed by atoms with Crippen molar-refractivity contribution in [2.75, 3.05) is 0 Å². The van der Waals surface area contributed by atoms with E-state index in [2.05, 4.69) is 28.7 Å². The summed E-state index contributed by atoms with van der Waals surface area (Å²) in [4.78, 5) is 12.3. The van der Waals surface area contributed by atoms with E-state index in [1.807, 2.05) is 41.2 Å². The average molecular weight is 350 g/mol. The molecule has 1 aliphatic rings. The monoisotopic (exact) mass is 350 g/mol. The van der Waals surface area contributed by atoms with Crippen LogP contribution in [0.1, 0.15) is 35.9 Å². The summed E-state index contributed by atoms with van der Waals surface area (Å²) >= 11 is 0. The van der Waals surface area contributed by atoms with Crippen molar-refractivity contribution < 1.29 is 9.32 Å². The lowest BCUT2D eigenvalue weighted by molar-refractivity contribution is 0.0842. The van der Waals surface area contributed by atoms with Crippen LogP contribution < -0.4 is 5.32 Å². The molecule has 0 atom stereocenters. The van der Waals surface area contributed by atoms with E-state index in [0.29, 0.717) is 11.6 Å². The summed E-state index contributed by atoms with van der Waals surface area (Å²) in [7, 11) is 0. The van der Waals surface area contributed by atoms with Crippen LogP contribution in [0.4, 0.5) is 0 Å². The molecule has 1 saturated carbocycles. The summed E-state index contributed by atoms with van der Waals surface area (Å²) < 4.78 is 7.22. The van der Waals surface area contributed by atoms with Crippen LogP contribution >= 0.6 is 0 Å². The number of hydrogen-bond donors (Lipinski definition) is 1. The van der Waals surface area contributed by atoms with E-state index in [-0.39, 0.29) is 17.7 Å². The van der Waals surface area contributed by atoms with Gasteiger partial charge in [-0.2, -0.15) is 5.10 Å². The zero-order valence-electron chi connectivity index (χ0n) is 14.8. The van der Waals surface area contributed by atoms with Gasteiger partial charge in [0.1, 0.15) is 5.69 Å². The van der Waals surface area contributed by atoms with Gasteiger partial charge in [0.05, 0.1) is 6.20 Å². The van der Waals surface area contributed by atoms with Crippen molar-refractivity contribution in [2.24, 2.45) is 5.92 Å². The third kappa shape index (κ3) is 3.54. The minimum absolute atomic E-state index is 0.194. The smallest absolute Gasteiger partial charge is 0.290 e. The van der Waals surface area contributed by atoms with Crippen molar-refractivity contribution in [1.29, 1.82) is 0 Å². The minimum atomic E-state index is -0.199. The van der Waals surface area contributed by atoms with Gasteiger partial charge in [0, 0.05) is 30.4 Å². The summed E-state index contributed by atoms with van der Waals surface area (Å²) in [5, 5.41) is 11.4. The summed E-state index contributed by atoms with van der Waals surface area (Å²) in [6, 6.07) is 11.6. The first-order valence-electron chi connectivity index (χ1n) is 9.05. The fourth-order valence-corrected chi connectivity index (χ4v) is 3.34. The van der Waals surface area contributed by atoms with Crippen LogP contribution in [0.25, 0.3) is 11.3 Å². The highest BCUT2D eigenvalue weighted by Gasteiger charge is 2.31. The second-order valence-electron chi connectivity index (χ2n) is 6.87. The molecule has 2 heterocycles. The molecule has 1 aromatic carbocycles. The van der Waals surface area contributed by atoms with Gasteiger partial charge in [-0.1, -0.05) is 42.4 Å². The highest BCUT2D eigenvalue weighted by atomic mass is 16.5. The van der Waals surface area contributed by atoms with Crippen molar-refractivity contribution >= 4 is 5.91 Å². The van der Waals surface area contributed by atoms with Gasteiger partial charge < -0.3 is 9.84 Å². The molecule has 1 amide bonds. The van der Waals surface area contributed by atoms with E-state index in [1.54, 1.807) is 6.07 Å². The van der Waals surface area contributed by atoms with Crippen LogP contribution in [0.2, 0.25) is 0 Å². The Hall–Kier alpha value is -2.89. The molecule has 134 valence electrons. The molecule has 0 saturated heterocycles. The molecule has 4 rings (SSSR count). The third-order valence-corrected chi connectivity index (χ3v) is 4.91. The van der Waals surface area contributed by atoms with Crippen molar-refractivity contribution in [2.45, 2.75) is 38.8 Å². The Morgan fingerprint density at radius 1 is 1.31 bits per heavy atom. The SMILES string of the molecule is CCc1cnn(C[C@H]2C[C@@H](NC(=O)c3cc(-c4ccccc4)no3)C2)c1. The van der Waals surface area contributed by atoms with Crippen LogP contribution in [0.15, 0.2) is 53.3 Å². The average Bonchev–Trinajstić information content (AvgIpc) is 3.30. The predicted octanol–water partition coefficient (Wildman–Crippen LogP) is 3.31. The number of aryl methyl sites for hydroxylation is 1. The van der Waals surface area contributed by atoms with E-state index >= 15 is 0 Å². The Balaban J connectivity index is 1.28. The van der Waals surface area contributed by atoms with Crippen LogP contribution in [-0.4, -0.2) is 26.9 Å². The molecule has 1 aliphatic carbocycles. The van der Waals surface area contributed by atoms with Gasteiger partial charge in [-0.05, 0) is 30.7 Å².